The Kier molecular flexibility index (Phi) is 5.88. The van der Waals surface area contributed by atoms with Gasteiger partial charge in [-0.1, -0.05) is 20.8 Å². The molecule has 114 valence electrons. The predicted octanol–water partition coefficient (Wildman–Crippen LogP) is 3.91. The second-order valence-corrected chi connectivity index (χ2v) is 8.49. The zero-order chi connectivity index (χ0) is 14.7. The van der Waals surface area contributed by atoms with E-state index in [0.717, 1.165) is 18.5 Å². The molecule has 1 rings (SSSR count). The van der Waals surface area contributed by atoms with Crippen molar-refractivity contribution in [1.82, 2.24) is 10.2 Å². The lowest BCUT2D eigenvalue weighted by molar-refractivity contribution is 0.0845. The van der Waals surface area contributed by atoms with Crippen LogP contribution in [0.3, 0.4) is 0 Å². The van der Waals surface area contributed by atoms with E-state index in [1.165, 1.54) is 32.4 Å². The lowest BCUT2D eigenvalue weighted by Gasteiger charge is -2.41. The fraction of sp³-hybridized carbons (Fsp3) is 1.00. The lowest BCUT2D eigenvalue weighted by atomic mass is 9.75. The zero-order valence-electron chi connectivity index (χ0n) is 14.3. The zero-order valence-corrected chi connectivity index (χ0v) is 14.3. The first-order chi connectivity index (χ1) is 8.59. The monoisotopic (exact) mass is 268 g/mol. The van der Waals surface area contributed by atoms with Crippen molar-refractivity contribution in [3.8, 4) is 0 Å². The highest BCUT2D eigenvalue weighted by Gasteiger charge is 2.30. The Morgan fingerprint density at radius 1 is 1.05 bits per heavy atom. The Balaban J connectivity index is 2.27. The smallest absolute Gasteiger partial charge is 0.00965 e. The number of nitrogens with one attached hydrogen (secondary N) is 1. The Morgan fingerprint density at radius 3 is 2.00 bits per heavy atom. The molecule has 0 amide bonds. The molecule has 0 radical (unpaired) electrons. The van der Waals surface area contributed by atoms with Crippen LogP contribution < -0.4 is 5.32 Å². The molecule has 0 aliphatic carbocycles. The first kappa shape index (κ1) is 17.0. The van der Waals surface area contributed by atoms with E-state index in [4.69, 9.17) is 0 Å². The molecule has 1 aliphatic heterocycles. The number of piperidine rings is 1. The van der Waals surface area contributed by atoms with Crippen LogP contribution in [0.2, 0.25) is 0 Å². The van der Waals surface area contributed by atoms with Crippen molar-refractivity contribution in [2.24, 2.45) is 11.3 Å². The summed E-state index contributed by atoms with van der Waals surface area (Å²) in [5.74, 6) is 0.906. The summed E-state index contributed by atoms with van der Waals surface area (Å²) in [4.78, 5) is 2.69. The van der Waals surface area contributed by atoms with Gasteiger partial charge in [0.2, 0.25) is 0 Å². The molecule has 0 spiro atoms. The topological polar surface area (TPSA) is 15.3 Å². The fourth-order valence-electron chi connectivity index (χ4n) is 3.04. The van der Waals surface area contributed by atoms with Crippen LogP contribution in [0.5, 0.6) is 0 Å². The van der Waals surface area contributed by atoms with Crippen LogP contribution in [-0.2, 0) is 0 Å². The summed E-state index contributed by atoms with van der Waals surface area (Å²) in [5.41, 5.74) is 0.738. The molecule has 0 aromatic rings. The standard InChI is InChI=1S/C17H36N2/c1-14(8-11-18-17(5,6)7)19-12-9-15(10-13-19)16(2,3)4/h14-15,18H,8-13H2,1-7H3. The van der Waals surface area contributed by atoms with E-state index in [0.29, 0.717) is 5.41 Å². The first-order valence-electron chi connectivity index (χ1n) is 8.08. The van der Waals surface area contributed by atoms with Gasteiger partial charge in [0.05, 0.1) is 0 Å². The van der Waals surface area contributed by atoms with Gasteiger partial charge in [-0.3, -0.25) is 0 Å². The molecule has 1 aliphatic rings. The second kappa shape index (κ2) is 6.58. The molecule has 0 bridgehead atoms. The van der Waals surface area contributed by atoms with E-state index in [2.05, 4.69) is 58.7 Å². The molecule has 2 heteroatoms. The molecule has 1 N–H and O–H groups in total. The quantitative estimate of drug-likeness (QED) is 0.831. The van der Waals surface area contributed by atoms with Crippen LogP contribution in [0, 0.1) is 11.3 Å². The normalized spacial score (nSPS) is 21.6. The molecule has 1 heterocycles. The minimum atomic E-state index is 0.249. The van der Waals surface area contributed by atoms with E-state index in [-0.39, 0.29) is 5.54 Å². The van der Waals surface area contributed by atoms with Gasteiger partial charge in [0, 0.05) is 11.6 Å². The maximum atomic E-state index is 3.60. The Labute approximate surface area is 121 Å². The molecular formula is C17H36N2. The van der Waals surface area contributed by atoms with E-state index >= 15 is 0 Å². The van der Waals surface area contributed by atoms with Crippen molar-refractivity contribution >= 4 is 0 Å². The van der Waals surface area contributed by atoms with E-state index in [1.807, 2.05) is 0 Å². The van der Waals surface area contributed by atoms with Crippen LogP contribution in [0.4, 0.5) is 0 Å². The summed E-state index contributed by atoms with van der Waals surface area (Å²) in [6, 6.07) is 0.718. The predicted molar refractivity (Wildman–Crippen MR) is 85.6 cm³/mol. The molecule has 1 unspecified atom stereocenters. The third-order valence-electron chi connectivity index (χ3n) is 4.60. The van der Waals surface area contributed by atoms with Gasteiger partial charge in [0.25, 0.3) is 0 Å². The molecule has 0 aromatic heterocycles. The molecule has 1 fully saturated rings. The van der Waals surface area contributed by atoms with Crippen LogP contribution in [0.25, 0.3) is 0 Å². The highest BCUT2D eigenvalue weighted by atomic mass is 15.2. The van der Waals surface area contributed by atoms with Crippen LogP contribution in [-0.4, -0.2) is 36.1 Å². The van der Waals surface area contributed by atoms with Gasteiger partial charge in [-0.2, -0.15) is 0 Å². The SMILES string of the molecule is CC(CCNC(C)(C)C)N1CCC(C(C)(C)C)CC1. The van der Waals surface area contributed by atoms with Crippen molar-refractivity contribution in [3.05, 3.63) is 0 Å². The van der Waals surface area contributed by atoms with E-state index in [1.54, 1.807) is 0 Å². The molecule has 0 aromatic carbocycles. The maximum absolute atomic E-state index is 3.60. The van der Waals surface area contributed by atoms with Crippen molar-refractivity contribution in [1.29, 1.82) is 0 Å². The molecular weight excluding hydrogens is 232 g/mol. The van der Waals surface area contributed by atoms with Gasteiger partial charge in [-0.15, -0.1) is 0 Å². The van der Waals surface area contributed by atoms with Crippen LogP contribution >= 0.6 is 0 Å². The lowest BCUT2D eigenvalue weighted by Crippen LogP contribution is -2.44. The summed E-state index contributed by atoms with van der Waals surface area (Å²) < 4.78 is 0. The maximum Gasteiger partial charge on any atom is 0.00965 e. The van der Waals surface area contributed by atoms with Gasteiger partial charge in [0.15, 0.2) is 0 Å². The number of hydrogen-bond acceptors (Lipinski definition) is 2. The summed E-state index contributed by atoms with van der Waals surface area (Å²) in [6.45, 7) is 20.0. The summed E-state index contributed by atoms with van der Waals surface area (Å²) in [5, 5.41) is 3.60. The van der Waals surface area contributed by atoms with E-state index in [9.17, 15) is 0 Å². The number of nitrogens with zero attached hydrogens (tertiary/aromatic N) is 1. The molecule has 1 atom stereocenters. The fourth-order valence-corrected chi connectivity index (χ4v) is 3.04. The highest BCUT2D eigenvalue weighted by Crippen LogP contribution is 2.34. The van der Waals surface area contributed by atoms with Gasteiger partial charge in [-0.05, 0) is 77.9 Å². The van der Waals surface area contributed by atoms with Gasteiger partial charge in [-0.25, -0.2) is 0 Å². The number of likely N-dealkylation sites (tertiary alicyclic amines) is 1. The molecule has 0 saturated carbocycles. The Hall–Kier alpha value is -0.0800. The third kappa shape index (κ3) is 6.27. The Morgan fingerprint density at radius 2 is 1.58 bits per heavy atom. The summed E-state index contributed by atoms with van der Waals surface area (Å²) >= 11 is 0. The molecule has 19 heavy (non-hydrogen) atoms. The highest BCUT2D eigenvalue weighted by molar-refractivity contribution is 4.83. The van der Waals surface area contributed by atoms with Crippen molar-refractivity contribution in [2.75, 3.05) is 19.6 Å². The third-order valence-corrected chi connectivity index (χ3v) is 4.60. The van der Waals surface area contributed by atoms with E-state index < -0.39 is 0 Å². The van der Waals surface area contributed by atoms with Gasteiger partial charge in [0.1, 0.15) is 0 Å². The Bertz CT molecular complexity index is 251. The first-order valence-corrected chi connectivity index (χ1v) is 8.08. The molecule has 1 saturated heterocycles. The van der Waals surface area contributed by atoms with Crippen LogP contribution in [0.1, 0.15) is 67.7 Å². The van der Waals surface area contributed by atoms with Gasteiger partial charge >= 0.3 is 0 Å². The number of rotatable bonds is 4. The molecule has 2 nitrogen and oxygen atoms in total. The largest absolute Gasteiger partial charge is 0.312 e. The second-order valence-electron chi connectivity index (χ2n) is 8.49. The average Bonchev–Trinajstić information content (AvgIpc) is 2.26. The number of hydrogen-bond donors (Lipinski definition) is 1. The van der Waals surface area contributed by atoms with Crippen molar-refractivity contribution in [3.63, 3.8) is 0 Å². The average molecular weight is 268 g/mol. The van der Waals surface area contributed by atoms with Crippen molar-refractivity contribution < 1.29 is 0 Å². The minimum Gasteiger partial charge on any atom is -0.312 e. The minimum absolute atomic E-state index is 0.249. The van der Waals surface area contributed by atoms with Gasteiger partial charge < -0.3 is 10.2 Å². The summed E-state index contributed by atoms with van der Waals surface area (Å²) in [6.07, 6.45) is 4.01. The summed E-state index contributed by atoms with van der Waals surface area (Å²) in [7, 11) is 0. The van der Waals surface area contributed by atoms with Crippen LogP contribution in [0.15, 0.2) is 0 Å². The van der Waals surface area contributed by atoms with Crippen molar-refractivity contribution in [2.45, 2.75) is 79.3 Å².